The number of carbonyl (C=O) groups is 1. The number of carbonyl (C=O) groups excluding carboxylic acids is 1. The van der Waals surface area contributed by atoms with Crippen LogP contribution in [0.4, 0.5) is 0 Å². The fourth-order valence-electron chi connectivity index (χ4n) is 1.14. The Hall–Kier alpha value is -1.20. The smallest absolute Gasteiger partial charge is 0.175 e. The van der Waals surface area contributed by atoms with E-state index >= 15 is 0 Å². The van der Waals surface area contributed by atoms with Gasteiger partial charge < -0.3 is 15.5 Å². The zero-order valence-electron chi connectivity index (χ0n) is 9.99. The highest BCUT2D eigenvalue weighted by Gasteiger charge is 2.18. The lowest BCUT2D eigenvalue weighted by Crippen LogP contribution is -2.37. The molecule has 16 heavy (non-hydrogen) atoms. The van der Waals surface area contributed by atoms with Crippen LogP contribution in [-0.2, 0) is 16.0 Å². The van der Waals surface area contributed by atoms with Crippen LogP contribution in [0.5, 0.6) is 0 Å². The van der Waals surface area contributed by atoms with E-state index in [1.165, 1.54) is 0 Å². The van der Waals surface area contributed by atoms with Crippen LogP contribution >= 0.6 is 0 Å². The van der Waals surface area contributed by atoms with Crippen molar-refractivity contribution >= 4 is 5.78 Å². The van der Waals surface area contributed by atoms with Crippen molar-refractivity contribution in [2.24, 2.45) is 5.73 Å². The van der Waals surface area contributed by atoms with Crippen LogP contribution in [0.1, 0.15) is 26.5 Å². The summed E-state index contributed by atoms with van der Waals surface area (Å²) in [5, 5.41) is 0. The highest BCUT2D eigenvalue weighted by molar-refractivity contribution is 5.85. The van der Waals surface area contributed by atoms with E-state index in [2.05, 4.69) is 9.97 Å². The molecule has 1 heterocycles. The third-order valence-electron chi connectivity index (χ3n) is 2.06. The molecule has 5 heteroatoms. The van der Waals surface area contributed by atoms with Gasteiger partial charge in [-0.15, -0.1) is 0 Å². The maximum Gasteiger partial charge on any atom is 0.175 e. The minimum Gasteiger partial charge on any atom is -0.368 e. The number of hydrogen-bond acceptors (Lipinski definition) is 4. The lowest BCUT2D eigenvalue weighted by Gasteiger charge is -2.20. The van der Waals surface area contributed by atoms with E-state index in [0.29, 0.717) is 6.42 Å². The second kappa shape index (κ2) is 5.23. The summed E-state index contributed by atoms with van der Waals surface area (Å²) in [6, 6.07) is -0.539. The van der Waals surface area contributed by atoms with Gasteiger partial charge in [-0.2, -0.15) is 0 Å². The first-order chi connectivity index (χ1) is 7.38. The van der Waals surface area contributed by atoms with Gasteiger partial charge >= 0.3 is 0 Å². The number of H-pyrrole nitrogens is 1. The minimum atomic E-state index is -0.539. The Bertz CT molecular complexity index is 327. The number of hydrogen-bond donors (Lipinski definition) is 2. The Morgan fingerprint density at radius 1 is 1.62 bits per heavy atom. The van der Waals surface area contributed by atoms with Crippen molar-refractivity contribution in [2.45, 2.75) is 38.8 Å². The normalized spacial score (nSPS) is 13.8. The van der Waals surface area contributed by atoms with Crippen LogP contribution in [0, 0.1) is 0 Å². The van der Waals surface area contributed by atoms with E-state index in [1.54, 1.807) is 12.5 Å². The third kappa shape index (κ3) is 4.55. The van der Waals surface area contributed by atoms with Crippen molar-refractivity contribution in [1.82, 2.24) is 9.97 Å². The first-order valence-corrected chi connectivity index (χ1v) is 5.28. The quantitative estimate of drug-likeness (QED) is 0.771. The molecule has 1 atom stereocenters. The number of aromatic amines is 1. The van der Waals surface area contributed by atoms with Gasteiger partial charge in [-0.3, -0.25) is 4.79 Å². The van der Waals surface area contributed by atoms with Crippen molar-refractivity contribution in [2.75, 3.05) is 6.61 Å². The highest BCUT2D eigenvalue weighted by atomic mass is 16.5. The standard InChI is InChI=1S/C11H19N3O2/c1-11(2,3)16-6-10(15)9(12)4-8-5-13-7-14-8/h5,7,9H,4,6,12H2,1-3H3,(H,13,14)/t9-/m0/s1. The molecule has 3 N–H and O–H groups in total. The SMILES string of the molecule is CC(C)(C)OCC(=O)[C@@H](N)Cc1cnc[nH]1. The molecule has 1 aromatic rings. The number of nitrogens with one attached hydrogen (secondary N) is 1. The summed E-state index contributed by atoms with van der Waals surface area (Å²) in [6.07, 6.45) is 3.70. The summed E-state index contributed by atoms with van der Waals surface area (Å²) < 4.78 is 5.38. The molecule has 0 radical (unpaired) electrons. The van der Waals surface area contributed by atoms with Crippen molar-refractivity contribution in [3.05, 3.63) is 18.2 Å². The van der Waals surface area contributed by atoms with Gasteiger partial charge in [0.05, 0.1) is 18.0 Å². The Balaban J connectivity index is 2.37. The number of rotatable bonds is 5. The molecule has 1 rings (SSSR count). The maximum absolute atomic E-state index is 11.6. The van der Waals surface area contributed by atoms with E-state index in [4.69, 9.17) is 10.5 Å². The molecule has 0 spiro atoms. The summed E-state index contributed by atoms with van der Waals surface area (Å²) in [5.41, 5.74) is 6.30. The van der Waals surface area contributed by atoms with Crippen molar-refractivity contribution in [1.29, 1.82) is 0 Å². The van der Waals surface area contributed by atoms with Crippen LogP contribution in [0.2, 0.25) is 0 Å². The molecule has 0 aliphatic carbocycles. The van der Waals surface area contributed by atoms with Crippen LogP contribution in [0.3, 0.4) is 0 Å². The van der Waals surface area contributed by atoms with Gasteiger partial charge in [-0.05, 0) is 20.8 Å². The molecule has 0 amide bonds. The summed E-state index contributed by atoms with van der Waals surface area (Å²) in [6.45, 7) is 5.76. The lowest BCUT2D eigenvalue weighted by atomic mass is 10.1. The van der Waals surface area contributed by atoms with Crippen molar-refractivity contribution in [3.63, 3.8) is 0 Å². The van der Waals surface area contributed by atoms with E-state index in [0.717, 1.165) is 5.69 Å². The third-order valence-corrected chi connectivity index (χ3v) is 2.06. The van der Waals surface area contributed by atoms with Gasteiger partial charge in [0, 0.05) is 18.3 Å². The van der Waals surface area contributed by atoms with Gasteiger partial charge in [-0.25, -0.2) is 4.98 Å². The Kier molecular flexibility index (Phi) is 4.20. The van der Waals surface area contributed by atoms with Crippen LogP contribution in [0.15, 0.2) is 12.5 Å². The molecular formula is C11H19N3O2. The van der Waals surface area contributed by atoms with Gasteiger partial charge in [0.15, 0.2) is 5.78 Å². The van der Waals surface area contributed by atoms with E-state index in [-0.39, 0.29) is 18.0 Å². The molecule has 0 bridgehead atoms. The zero-order valence-corrected chi connectivity index (χ0v) is 9.99. The molecule has 0 aliphatic heterocycles. The number of ketones is 1. The first-order valence-electron chi connectivity index (χ1n) is 5.28. The molecule has 0 unspecified atom stereocenters. The van der Waals surface area contributed by atoms with Crippen LogP contribution in [-0.4, -0.2) is 34.0 Å². The predicted octanol–water partition coefficient (Wildman–Crippen LogP) is 0.664. The molecule has 0 aromatic carbocycles. The second-order valence-corrected chi connectivity index (χ2v) is 4.75. The fraction of sp³-hybridized carbons (Fsp3) is 0.636. The van der Waals surface area contributed by atoms with E-state index in [1.807, 2.05) is 20.8 Å². The summed E-state index contributed by atoms with van der Waals surface area (Å²) in [7, 11) is 0. The number of Topliss-reactive ketones (excluding diaryl/α,β-unsaturated/α-hetero) is 1. The summed E-state index contributed by atoms with van der Waals surface area (Å²) >= 11 is 0. The Morgan fingerprint density at radius 2 is 2.31 bits per heavy atom. The molecule has 5 nitrogen and oxygen atoms in total. The summed E-state index contributed by atoms with van der Waals surface area (Å²) in [5.74, 6) is -0.0930. The Morgan fingerprint density at radius 3 is 2.81 bits per heavy atom. The van der Waals surface area contributed by atoms with Gasteiger partial charge in [0.1, 0.15) is 6.61 Å². The summed E-state index contributed by atoms with van der Waals surface area (Å²) in [4.78, 5) is 18.4. The molecular weight excluding hydrogens is 206 g/mol. The monoisotopic (exact) mass is 225 g/mol. The number of aromatic nitrogens is 2. The average molecular weight is 225 g/mol. The fourth-order valence-corrected chi connectivity index (χ4v) is 1.14. The average Bonchev–Trinajstić information content (AvgIpc) is 2.65. The number of ether oxygens (including phenoxy) is 1. The van der Waals surface area contributed by atoms with Crippen molar-refractivity contribution in [3.8, 4) is 0 Å². The zero-order chi connectivity index (χ0) is 12.2. The number of nitrogens with two attached hydrogens (primary N) is 1. The first kappa shape index (κ1) is 12.9. The molecule has 0 saturated carbocycles. The molecule has 1 aromatic heterocycles. The number of nitrogens with zero attached hydrogens (tertiary/aromatic N) is 1. The van der Waals surface area contributed by atoms with Gasteiger partial charge in [-0.1, -0.05) is 0 Å². The second-order valence-electron chi connectivity index (χ2n) is 4.75. The van der Waals surface area contributed by atoms with Crippen molar-refractivity contribution < 1.29 is 9.53 Å². The maximum atomic E-state index is 11.6. The van der Waals surface area contributed by atoms with Gasteiger partial charge in [0.2, 0.25) is 0 Å². The van der Waals surface area contributed by atoms with Crippen LogP contribution in [0.25, 0.3) is 0 Å². The van der Waals surface area contributed by atoms with E-state index in [9.17, 15) is 4.79 Å². The largest absolute Gasteiger partial charge is 0.368 e. The van der Waals surface area contributed by atoms with Crippen LogP contribution < -0.4 is 5.73 Å². The molecule has 0 fully saturated rings. The molecule has 0 aliphatic rings. The van der Waals surface area contributed by atoms with E-state index < -0.39 is 6.04 Å². The number of imidazole rings is 1. The lowest BCUT2D eigenvalue weighted by molar-refractivity contribution is -0.129. The molecule has 90 valence electrons. The highest BCUT2D eigenvalue weighted by Crippen LogP contribution is 2.07. The predicted molar refractivity (Wildman–Crippen MR) is 61.0 cm³/mol. The Labute approximate surface area is 95.4 Å². The molecule has 0 saturated heterocycles. The minimum absolute atomic E-state index is 0.0544. The van der Waals surface area contributed by atoms with Gasteiger partial charge in [0.25, 0.3) is 0 Å². The topological polar surface area (TPSA) is 81.0 Å².